The molecule has 0 atom stereocenters. The van der Waals surface area contributed by atoms with Gasteiger partial charge in [-0.1, -0.05) is 42.1 Å². The molecule has 2 aromatic carbocycles. The van der Waals surface area contributed by atoms with Crippen molar-refractivity contribution >= 4 is 23.6 Å². The van der Waals surface area contributed by atoms with Gasteiger partial charge in [0.15, 0.2) is 5.16 Å². The van der Waals surface area contributed by atoms with Crippen molar-refractivity contribution in [2.45, 2.75) is 30.3 Å². The van der Waals surface area contributed by atoms with Gasteiger partial charge >= 0.3 is 0 Å². The van der Waals surface area contributed by atoms with Crippen LogP contribution in [0.3, 0.4) is 0 Å². The second-order valence-corrected chi connectivity index (χ2v) is 8.36. The first-order valence-corrected chi connectivity index (χ1v) is 10.8. The third-order valence-electron chi connectivity index (χ3n) is 5.25. The van der Waals surface area contributed by atoms with E-state index in [1.807, 2.05) is 18.2 Å². The highest BCUT2D eigenvalue weighted by Crippen LogP contribution is 2.41. The maximum absolute atomic E-state index is 12.5. The number of hydrogen-bond acceptors (Lipinski definition) is 5. The lowest BCUT2D eigenvalue weighted by atomic mass is 10.1. The van der Waals surface area contributed by atoms with E-state index >= 15 is 0 Å². The predicted octanol–water partition coefficient (Wildman–Crippen LogP) is 3.92. The van der Waals surface area contributed by atoms with E-state index in [9.17, 15) is 9.59 Å². The standard InChI is InChI=1S/C22H20N4O2S/c27-20-17-9-4-5-10-18(17)21(28)25(20)13-6-14-29-22-24-23-19(15-11-12-15)26(22)16-7-2-1-3-8-16/h1-5,7-10,15H,6,11-14H2. The van der Waals surface area contributed by atoms with Gasteiger partial charge in [-0.2, -0.15) is 0 Å². The number of carbonyl (C=O) groups is 2. The van der Waals surface area contributed by atoms with Gasteiger partial charge in [0, 0.05) is 23.9 Å². The summed E-state index contributed by atoms with van der Waals surface area (Å²) in [5.41, 5.74) is 2.08. The number of rotatable bonds is 7. The lowest BCUT2D eigenvalue weighted by Crippen LogP contribution is -2.31. The number of para-hydroxylation sites is 1. The largest absolute Gasteiger partial charge is 0.274 e. The summed E-state index contributed by atoms with van der Waals surface area (Å²) >= 11 is 1.62. The van der Waals surface area contributed by atoms with Crippen molar-refractivity contribution in [3.05, 3.63) is 71.5 Å². The fourth-order valence-electron chi connectivity index (χ4n) is 3.63. The van der Waals surface area contributed by atoms with Crippen molar-refractivity contribution in [1.82, 2.24) is 19.7 Å². The van der Waals surface area contributed by atoms with Crippen LogP contribution in [0.25, 0.3) is 5.69 Å². The van der Waals surface area contributed by atoms with Crippen LogP contribution in [0.2, 0.25) is 0 Å². The molecule has 1 fully saturated rings. The van der Waals surface area contributed by atoms with Crippen LogP contribution >= 0.6 is 11.8 Å². The van der Waals surface area contributed by atoms with E-state index in [-0.39, 0.29) is 11.8 Å². The molecule has 6 nitrogen and oxygen atoms in total. The van der Waals surface area contributed by atoms with Gasteiger partial charge in [0.05, 0.1) is 11.1 Å². The number of imide groups is 1. The smallest absolute Gasteiger partial charge is 0.261 e. The molecule has 0 spiro atoms. The minimum absolute atomic E-state index is 0.195. The van der Waals surface area contributed by atoms with E-state index in [1.165, 1.54) is 4.90 Å². The van der Waals surface area contributed by atoms with Crippen LogP contribution in [-0.4, -0.2) is 43.8 Å². The van der Waals surface area contributed by atoms with E-state index < -0.39 is 0 Å². The second kappa shape index (κ2) is 7.48. The highest BCUT2D eigenvalue weighted by molar-refractivity contribution is 7.99. The molecule has 0 radical (unpaired) electrons. The molecular formula is C22H20N4O2S. The van der Waals surface area contributed by atoms with Crippen molar-refractivity contribution in [2.75, 3.05) is 12.3 Å². The van der Waals surface area contributed by atoms with Crippen LogP contribution in [0.1, 0.15) is 51.7 Å². The fourth-order valence-corrected chi connectivity index (χ4v) is 4.51. The van der Waals surface area contributed by atoms with Crippen LogP contribution in [0.5, 0.6) is 0 Å². The monoisotopic (exact) mass is 404 g/mol. The lowest BCUT2D eigenvalue weighted by molar-refractivity contribution is 0.0655. The van der Waals surface area contributed by atoms with Crippen LogP contribution < -0.4 is 0 Å². The number of amides is 2. The number of aromatic nitrogens is 3. The van der Waals surface area contributed by atoms with Crippen LogP contribution in [-0.2, 0) is 0 Å². The third-order valence-corrected chi connectivity index (χ3v) is 6.27. The molecule has 0 bridgehead atoms. The Hall–Kier alpha value is -2.93. The molecule has 0 N–H and O–H groups in total. The van der Waals surface area contributed by atoms with E-state index in [4.69, 9.17) is 0 Å². The van der Waals surface area contributed by atoms with Crippen molar-refractivity contribution in [2.24, 2.45) is 0 Å². The molecule has 2 heterocycles. The Morgan fingerprint density at radius 2 is 1.55 bits per heavy atom. The summed E-state index contributed by atoms with van der Waals surface area (Å²) in [5, 5.41) is 9.71. The topological polar surface area (TPSA) is 68.1 Å². The molecule has 3 aromatic rings. The van der Waals surface area contributed by atoms with Crippen LogP contribution in [0.15, 0.2) is 59.8 Å². The number of nitrogens with zero attached hydrogens (tertiary/aromatic N) is 4. The summed E-state index contributed by atoms with van der Waals surface area (Å²) in [6, 6.07) is 17.2. The summed E-state index contributed by atoms with van der Waals surface area (Å²) in [6.45, 7) is 0.411. The summed E-state index contributed by atoms with van der Waals surface area (Å²) < 4.78 is 2.14. The first-order chi connectivity index (χ1) is 14.2. The minimum Gasteiger partial charge on any atom is -0.274 e. The average molecular weight is 404 g/mol. The van der Waals surface area contributed by atoms with Crippen molar-refractivity contribution < 1.29 is 9.59 Å². The maximum Gasteiger partial charge on any atom is 0.261 e. The van der Waals surface area contributed by atoms with Crippen molar-refractivity contribution in [3.8, 4) is 5.69 Å². The molecule has 29 heavy (non-hydrogen) atoms. The molecule has 7 heteroatoms. The molecule has 146 valence electrons. The summed E-state index contributed by atoms with van der Waals surface area (Å²) in [7, 11) is 0. The second-order valence-electron chi connectivity index (χ2n) is 7.30. The molecular weight excluding hydrogens is 384 g/mol. The normalized spacial score (nSPS) is 15.8. The quantitative estimate of drug-likeness (QED) is 0.339. The number of carbonyl (C=O) groups excluding carboxylic acids is 2. The highest BCUT2D eigenvalue weighted by Gasteiger charge is 2.34. The summed E-state index contributed by atoms with van der Waals surface area (Å²) in [4.78, 5) is 26.3. The van der Waals surface area contributed by atoms with Gasteiger partial charge in [-0.3, -0.25) is 19.1 Å². The van der Waals surface area contributed by atoms with E-state index in [0.717, 1.165) is 35.3 Å². The third kappa shape index (κ3) is 3.35. The maximum atomic E-state index is 12.5. The predicted molar refractivity (Wildman–Crippen MR) is 110 cm³/mol. The summed E-state index contributed by atoms with van der Waals surface area (Å²) in [6.07, 6.45) is 3.03. The molecule has 2 amide bonds. The number of benzene rings is 2. The Labute approximate surface area is 172 Å². The van der Waals surface area contributed by atoms with Crippen molar-refractivity contribution in [3.63, 3.8) is 0 Å². The zero-order valence-electron chi connectivity index (χ0n) is 15.8. The van der Waals surface area contributed by atoms with Gasteiger partial charge in [-0.25, -0.2) is 0 Å². The van der Waals surface area contributed by atoms with E-state index in [2.05, 4.69) is 26.9 Å². The van der Waals surface area contributed by atoms with Gasteiger partial charge in [-0.15, -0.1) is 10.2 Å². The Morgan fingerprint density at radius 1 is 0.897 bits per heavy atom. The fraction of sp³-hybridized carbons (Fsp3) is 0.273. The molecule has 2 aliphatic rings. The number of fused-ring (bicyclic) bond motifs is 1. The van der Waals surface area contributed by atoms with E-state index in [0.29, 0.717) is 30.0 Å². The number of hydrogen-bond donors (Lipinski definition) is 0. The van der Waals surface area contributed by atoms with Crippen LogP contribution in [0.4, 0.5) is 0 Å². The highest BCUT2D eigenvalue weighted by atomic mass is 32.2. The first kappa shape index (κ1) is 18.1. The zero-order chi connectivity index (χ0) is 19.8. The van der Waals surface area contributed by atoms with Crippen LogP contribution in [0, 0.1) is 0 Å². The van der Waals surface area contributed by atoms with Gasteiger partial charge in [0.1, 0.15) is 5.82 Å². The minimum atomic E-state index is -0.195. The molecule has 1 saturated carbocycles. The summed E-state index contributed by atoms with van der Waals surface area (Å²) in [5.74, 6) is 1.89. The van der Waals surface area contributed by atoms with Gasteiger partial charge in [-0.05, 0) is 43.5 Å². The van der Waals surface area contributed by atoms with Gasteiger partial charge in [0.2, 0.25) is 0 Å². The van der Waals surface area contributed by atoms with E-state index in [1.54, 1.807) is 36.0 Å². The zero-order valence-corrected chi connectivity index (χ0v) is 16.6. The van der Waals surface area contributed by atoms with Gasteiger partial charge < -0.3 is 0 Å². The SMILES string of the molecule is O=C1c2ccccc2C(=O)N1CCCSc1nnc(C2CC2)n1-c1ccccc1. The Kier molecular flexibility index (Phi) is 4.67. The Morgan fingerprint density at radius 3 is 2.21 bits per heavy atom. The molecule has 5 rings (SSSR count). The first-order valence-electron chi connectivity index (χ1n) is 9.83. The lowest BCUT2D eigenvalue weighted by Gasteiger charge is -2.13. The molecule has 0 saturated heterocycles. The molecule has 1 aliphatic carbocycles. The Balaban J connectivity index is 1.25. The average Bonchev–Trinajstić information content (AvgIpc) is 3.48. The molecule has 1 aliphatic heterocycles. The van der Waals surface area contributed by atoms with Crippen molar-refractivity contribution in [1.29, 1.82) is 0 Å². The van der Waals surface area contributed by atoms with Gasteiger partial charge in [0.25, 0.3) is 11.8 Å². The number of thioether (sulfide) groups is 1. The Bertz CT molecular complexity index is 1040. The molecule has 1 aromatic heterocycles. The molecule has 0 unspecified atom stereocenters.